The number of aliphatic hydroxyl groups is 3. The van der Waals surface area contributed by atoms with Gasteiger partial charge in [0.15, 0.2) is 0 Å². The molecule has 5 heteroatoms. The molecule has 0 aliphatic heterocycles. The normalized spacial score (nSPS) is 17.4. The maximum absolute atomic E-state index is 9.14. The van der Waals surface area contributed by atoms with Crippen molar-refractivity contribution in [3.63, 3.8) is 0 Å². The van der Waals surface area contributed by atoms with Crippen molar-refractivity contribution in [1.82, 2.24) is 4.90 Å². The van der Waals surface area contributed by atoms with E-state index in [1.54, 1.807) is 20.8 Å². The summed E-state index contributed by atoms with van der Waals surface area (Å²) >= 11 is 0. The Morgan fingerprint density at radius 3 is 1.14 bits per heavy atom. The van der Waals surface area contributed by atoms with Crippen LogP contribution in [0.5, 0.6) is 0 Å². The average molecular weight is 255 g/mol. The minimum absolute atomic E-state index is 0. The van der Waals surface area contributed by atoms with Gasteiger partial charge in [0.05, 0.1) is 18.3 Å². The molecule has 0 aromatic heterocycles. The molecule has 0 aliphatic carbocycles. The summed E-state index contributed by atoms with van der Waals surface area (Å²) in [5, 5.41) is 27.4. The van der Waals surface area contributed by atoms with E-state index >= 15 is 0 Å². The second-order valence-corrected chi connectivity index (χ2v) is 3.77. The predicted molar refractivity (Wildman–Crippen MR) is 51.5 cm³/mol. The van der Waals surface area contributed by atoms with E-state index in [-0.39, 0.29) is 17.1 Å². The van der Waals surface area contributed by atoms with Crippen molar-refractivity contribution in [2.75, 3.05) is 19.6 Å². The fourth-order valence-electron chi connectivity index (χ4n) is 1.34. The Kier molecular flexibility index (Phi) is 10.4. The molecule has 3 atom stereocenters. The van der Waals surface area contributed by atoms with Crippen molar-refractivity contribution >= 4 is 0 Å². The van der Waals surface area contributed by atoms with Gasteiger partial charge in [-0.25, -0.2) is 0 Å². The molecule has 4 nitrogen and oxygen atoms in total. The van der Waals surface area contributed by atoms with Crippen LogP contribution in [0, 0.1) is 0 Å². The number of hydrogen-bond acceptors (Lipinski definition) is 4. The summed E-state index contributed by atoms with van der Waals surface area (Å²) in [6.45, 7) is 6.52. The number of nitrogens with zero attached hydrogens (tertiary/aromatic N) is 1. The summed E-state index contributed by atoms with van der Waals surface area (Å²) in [6, 6.07) is 0. The first-order valence-electron chi connectivity index (χ1n) is 4.68. The van der Waals surface area contributed by atoms with Gasteiger partial charge in [-0.05, 0) is 20.8 Å². The first-order valence-corrected chi connectivity index (χ1v) is 4.68. The standard InChI is InChI=1S/C9H21NO3.Cu/c1-7(11)4-10(5-8(2)12)6-9(3)13;/h7-9,11-13H,4-6H2,1-3H3;. The monoisotopic (exact) mass is 254 g/mol. The zero-order valence-electron chi connectivity index (χ0n) is 8.94. The van der Waals surface area contributed by atoms with Gasteiger partial charge >= 0.3 is 0 Å². The molecule has 0 saturated heterocycles. The Hall–Kier alpha value is 0.359. The molecule has 0 amide bonds. The molecule has 3 N–H and O–H groups in total. The van der Waals surface area contributed by atoms with E-state index in [4.69, 9.17) is 15.3 Å². The van der Waals surface area contributed by atoms with Crippen LogP contribution < -0.4 is 0 Å². The largest absolute Gasteiger partial charge is 0.392 e. The molecule has 0 rings (SSSR count). The summed E-state index contributed by atoms with van der Waals surface area (Å²) < 4.78 is 0. The molecule has 0 aromatic carbocycles. The van der Waals surface area contributed by atoms with Crippen molar-refractivity contribution in [2.24, 2.45) is 0 Å². The van der Waals surface area contributed by atoms with Crippen molar-refractivity contribution in [3.8, 4) is 0 Å². The molecular formula is C9H21CuNO3. The summed E-state index contributed by atoms with van der Waals surface area (Å²) in [7, 11) is 0. The van der Waals surface area contributed by atoms with Gasteiger partial charge in [0.25, 0.3) is 0 Å². The van der Waals surface area contributed by atoms with Crippen LogP contribution in [0.25, 0.3) is 0 Å². The van der Waals surface area contributed by atoms with Crippen LogP contribution in [0.2, 0.25) is 0 Å². The smallest absolute Gasteiger partial charge is 0.0639 e. The molecule has 0 saturated carbocycles. The fourth-order valence-corrected chi connectivity index (χ4v) is 1.34. The van der Waals surface area contributed by atoms with Crippen LogP contribution >= 0.6 is 0 Å². The van der Waals surface area contributed by atoms with E-state index < -0.39 is 18.3 Å². The average Bonchev–Trinajstić information content (AvgIpc) is 1.80. The van der Waals surface area contributed by atoms with Gasteiger partial charge < -0.3 is 15.3 Å². The maximum Gasteiger partial charge on any atom is 0.0639 e. The SMILES string of the molecule is CC(O)CN(CC(C)O)CC(C)O.[Cu]. The van der Waals surface area contributed by atoms with E-state index in [1.165, 1.54) is 0 Å². The first-order chi connectivity index (χ1) is 5.91. The third-order valence-corrected chi connectivity index (χ3v) is 1.57. The summed E-state index contributed by atoms with van der Waals surface area (Å²) in [4.78, 5) is 1.85. The molecule has 0 fully saturated rings. The van der Waals surface area contributed by atoms with Crippen LogP contribution in [0.3, 0.4) is 0 Å². The molecule has 91 valence electrons. The van der Waals surface area contributed by atoms with Crippen molar-refractivity contribution < 1.29 is 32.4 Å². The van der Waals surface area contributed by atoms with Crippen molar-refractivity contribution in [1.29, 1.82) is 0 Å². The third-order valence-electron chi connectivity index (χ3n) is 1.57. The molecule has 0 bridgehead atoms. The van der Waals surface area contributed by atoms with Crippen LogP contribution in [0.4, 0.5) is 0 Å². The van der Waals surface area contributed by atoms with E-state index in [9.17, 15) is 0 Å². The summed E-state index contributed by atoms with van der Waals surface area (Å²) in [5.74, 6) is 0. The van der Waals surface area contributed by atoms with Crippen molar-refractivity contribution in [3.05, 3.63) is 0 Å². The minimum atomic E-state index is -0.433. The van der Waals surface area contributed by atoms with E-state index in [0.29, 0.717) is 19.6 Å². The van der Waals surface area contributed by atoms with Crippen LogP contribution in [0.15, 0.2) is 0 Å². The second kappa shape index (κ2) is 8.65. The first kappa shape index (κ1) is 16.8. The zero-order valence-corrected chi connectivity index (χ0v) is 9.89. The van der Waals surface area contributed by atoms with Gasteiger partial charge in [-0.3, -0.25) is 4.90 Å². The summed E-state index contributed by atoms with van der Waals surface area (Å²) in [5.41, 5.74) is 0. The number of rotatable bonds is 6. The molecule has 3 unspecified atom stereocenters. The molecule has 1 radical (unpaired) electrons. The Morgan fingerprint density at radius 2 is 1.00 bits per heavy atom. The zero-order chi connectivity index (χ0) is 10.4. The van der Waals surface area contributed by atoms with E-state index in [0.717, 1.165) is 0 Å². The molecule has 14 heavy (non-hydrogen) atoms. The van der Waals surface area contributed by atoms with Gasteiger partial charge in [-0.15, -0.1) is 0 Å². The van der Waals surface area contributed by atoms with Gasteiger partial charge in [-0.2, -0.15) is 0 Å². The molecule has 0 aliphatic rings. The van der Waals surface area contributed by atoms with Gasteiger partial charge in [0.2, 0.25) is 0 Å². The van der Waals surface area contributed by atoms with E-state index in [2.05, 4.69) is 0 Å². The van der Waals surface area contributed by atoms with Crippen molar-refractivity contribution in [2.45, 2.75) is 39.1 Å². The fraction of sp³-hybridized carbons (Fsp3) is 1.00. The number of hydrogen-bond donors (Lipinski definition) is 3. The Morgan fingerprint density at radius 1 is 0.786 bits per heavy atom. The Balaban J connectivity index is 0. The number of aliphatic hydroxyl groups excluding tert-OH is 3. The quantitative estimate of drug-likeness (QED) is 0.556. The summed E-state index contributed by atoms with van der Waals surface area (Å²) in [6.07, 6.45) is -1.30. The predicted octanol–water partition coefficient (Wildman–Crippen LogP) is -0.572. The molecule has 0 aromatic rings. The van der Waals surface area contributed by atoms with E-state index in [1.807, 2.05) is 4.90 Å². The van der Waals surface area contributed by atoms with Gasteiger partial charge in [0, 0.05) is 36.7 Å². The molecule has 0 heterocycles. The molecular weight excluding hydrogens is 234 g/mol. The Labute approximate surface area is 96.4 Å². The Bertz CT molecular complexity index is 107. The van der Waals surface area contributed by atoms with Crippen LogP contribution in [-0.2, 0) is 17.1 Å². The van der Waals surface area contributed by atoms with Gasteiger partial charge in [-0.1, -0.05) is 0 Å². The van der Waals surface area contributed by atoms with Gasteiger partial charge in [0.1, 0.15) is 0 Å². The second-order valence-electron chi connectivity index (χ2n) is 3.77. The topological polar surface area (TPSA) is 63.9 Å². The van der Waals surface area contributed by atoms with Crippen LogP contribution in [-0.4, -0.2) is 58.2 Å². The van der Waals surface area contributed by atoms with Crippen LogP contribution in [0.1, 0.15) is 20.8 Å². The minimum Gasteiger partial charge on any atom is -0.392 e. The maximum atomic E-state index is 9.14. The third kappa shape index (κ3) is 10.4. The molecule has 0 spiro atoms.